The van der Waals surface area contributed by atoms with Crippen molar-refractivity contribution >= 4 is 35.9 Å². The molecule has 0 aliphatic carbocycles. The molecule has 2 rings (SSSR count). The van der Waals surface area contributed by atoms with E-state index in [1.54, 1.807) is 0 Å². The molecule has 53 heavy (non-hydrogen) atoms. The molecule has 0 aliphatic heterocycles. The highest BCUT2D eigenvalue weighted by Gasteiger charge is 2.31. The molecule has 0 aliphatic rings. The van der Waals surface area contributed by atoms with Crippen molar-refractivity contribution in [1.29, 1.82) is 0 Å². The number of carboxylic acids is 1. The van der Waals surface area contributed by atoms with E-state index in [1.807, 2.05) is 102 Å². The van der Waals surface area contributed by atoms with Crippen molar-refractivity contribution in [3.8, 4) is 0 Å². The van der Waals surface area contributed by atoms with Crippen molar-refractivity contribution in [1.82, 2.24) is 26.6 Å². The molecule has 0 saturated heterocycles. The lowest BCUT2D eigenvalue weighted by Gasteiger charge is -2.29. The Bertz CT molecular complexity index is 1460. The van der Waals surface area contributed by atoms with E-state index in [2.05, 4.69) is 26.6 Å². The molecule has 0 aromatic heterocycles. The van der Waals surface area contributed by atoms with E-state index in [0.29, 0.717) is 32.0 Å². The zero-order valence-electron chi connectivity index (χ0n) is 32.0. The molecule has 0 unspecified atom stereocenters. The number of rotatable bonds is 24. The van der Waals surface area contributed by atoms with Crippen molar-refractivity contribution in [2.75, 3.05) is 6.54 Å². The third kappa shape index (κ3) is 16.3. The van der Waals surface area contributed by atoms with Crippen molar-refractivity contribution < 1.29 is 33.9 Å². The number of carboxylic acid groups (broad SMARTS) is 1. The van der Waals surface area contributed by atoms with Crippen LogP contribution in [0.2, 0.25) is 0 Å². The molecule has 0 heterocycles. The fourth-order valence-corrected chi connectivity index (χ4v) is 5.80. The molecule has 0 saturated carbocycles. The third-order valence-electron chi connectivity index (χ3n) is 9.18. The van der Waals surface area contributed by atoms with Gasteiger partial charge in [0.05, 0.1) is 18.1 Å². The van der Waals surface area contributed by atoms with E-state index in [0.717, 1.165) is 11.1 Å². The van der Waals surface area contributed by atoms with Crippen molar-refractivity contribution in [3.63, 3.8) is 0 Å². The molecule has 13 heteroatoms. The zero-order valence-corrected chi connectivity index (χ0v) is 32.0. The topological polar surface area (TPSA) is 209 Å². The summed E-state index contributed by atoms with van der Waals surface area (Å²) in [7, 11) is 0. The van der Waals surface area contributed by atoms with Crippen molar-refractivity contribution in [2.24, 2.45) is 23.5 Å². The highest BCUT2D eigenvalue weighted by Crippen LogP contribution is 2.12. The van der Waals surface area contributed by atoms with E-state index in [-0.39, 0.29) is 37.1 Å². The summed E-state index contributed by atoms with van der Waals surface area (Å²) in [4.78, 5) is 77.1. The van der Waals surface area contributed by atoms with Crippen LogP contribution in [-0.2, 0) is 41.6 Å². The van der Waals surface area contributed by atoms with Crippen LogP contribution in [0.25, 0.3) is 0 Å². The van der Waals surface area contributed by atoms with Gasteiger partial charge >= 0.3 is 5.97 Å². The SMILES string of the molecule is CC[C@H](C)[C@@H](C=O)NC(=O)[C@H](CCC(=O)O)NC(=O)[C@H](CC(C)C)NC[C@H](Cc1ccccc1)NC(=O)[C@@H](NC(=O)[C@@H](N)Cc1ccccc1)C(C)C. The monoisotopic (exact) mass is 736 g/mol. The summed E-state index contributed by atoms with van der Waals surface area (Å²) in [5, 5.41) is 23.9. The summed E-state index contributed by atoms with van der Waals surface area (Å²) in [5.41, 5.74) is 8.07. The molecule has 0 spiro atoms. The molecular weight excluding hydrogens is 676 g/mol. The number of carbonyl (C=O) groups is 6. The predicted octanol–water partition coefficient (Wildman–Crippen LogP) is 2.51. The standard InChI is InChI=1S/C40H60N6O7/c1-7-27(6)34(24-47)45-38(51)32(18-19-35(48)49)44-39(52)33(20-25(2)3)42-23-30(21-28-14-10-8-11-15-28)43-40(53)36(26(4)5)46-37(50)31(41)22-29-16-12-9-13-17-29/h8-17,24-27,30-34,36,42H,7,18-23,41H2,1-6H3,(H,43,53)(H,44,52)(H,45,51)(H,46,50)(H,48,49)/t27-,30-,31-,32-,33-,34+,36-/m0/s1. The van der Waals surface area contributed by atoms with Gasteiger partial charge in [0.15, 0.2) is 0 Å². The number of nitrogens with one attached hydrogen (secondary N) is 5. The Morgan fingerprint density at radius 3 is 1.81 bits per heavy atom. The van der Waals surface area contributed by atoms with Gasteiger partial charge < -0.3 is 42.2 Å². The van der Waals surface area contributed by atoms with Crippen LogP contribution in [0.5, 0.6) is 0 Å². The Morgan fingerprint density at radius 2 is 1.30 bits per heavy atom. The number of nitrogens with two attached hydrogens (primary N) is 1. The molecule has 0 bridgehead atoms. The van der Waals surface area contributed by atoms with Crippen LogP contribution in [0.3, 0.4) is 0 Å². The molecule has 2 aromatic rings. The van der Waals surface area contributed by atoms with Gasteiger partial charge in [-0.3, -0.25) is 24.0 Å². The van der Waals surface area contributed by atoms with Gasteiger partial charge in [-0.05, 0) is 54.6 Å². The number of aliphatic carboxylic acids is 1. The van der Waals surface area contributed by atoms with Crippen LogP contribution in [0.1, 0.15) is 78.4 Å². The Balaban J connectivity index is 2.25. The Kier molecular flexibility index (Phi) is 19.4. The fourth-order valence-electron chi connectivity index (χ4n) is 5.80. The lowest BCUT2D eigenvalue weighted by atomic mass is 9.98. The minimum absolute atomic E-state index is 0.0530. The summed E-state index contributed by atoms with van der Waals surface area (Å²) in [6, 6.07) is 13.9. The molecule has 0 radical (unpaired) electrons. The van der Waals surface area contributed by atoms with Gasteiger partial charge in [-0.15, -0.1) is 0 Å². The van der Waals surface area contributed by atoms with Crippen LogP contribution in [0.15, 0.2) is 60.7 Å². The quantitative estimate of drug-likeness (QED) is 0.0789. The molecular formula is C40H60N6O7. The summed E-state index contributed by atoms with van der Waals surface area (Å²) in [6.07, 6.45) is 1.83. The number of carbonyl (C=O) groups excluding carboxylic acids is 5. The zero-order chi connectivity index (χ0) is 39.5. The lowest BCUT2D eigenvalue weighted by Crippen LogP contribution is -2.58. The first-order valence-electron chi connectivity index (χ1n) is 18.6. The van der Waals surface area contributed by atoms with E-state index in [1.165, 1.54) is 0 Å². The van der Waals surface area contributed by atoms with Gasteiger partial charge in [0.2, 0.25) is 23.6 Å². The molecule has 292 valence electrons. The summed E-state index contributed by atoms with van der Waals surface area (Å²) >= 11 is 0. The number of hydrogen-bond acceptors (Lipinski definition) is 8. The van der Waals surface area contributed by atoms with Gasteiger partial charge in [-0.1, -0.05) is 109 Å². The first kappa shape index (κ1) is 44.5. The van der Waals surface area contributed by atoms with E-state index in [4.69, 9.17) is 5.73 Å². The molecule has 8 N–H and O–H groups in total. The molecule has 7 atom stereocenters. The van der Waals surface area contributed by atoms with E-state index < -0.39 is 65.8 Å². The van der Waals surface area contributed by atoms with Crippen LogP contribution in [0.4, 0.5) is 0 Å². The Morgan fingerprint density at radius 1 is 0.736 bits per heavy atom. The second-order valence-corrected chi connectivity index (χ2v) is 14.6. The van der Waals surface area contributed by atoms with Crippen molar-refractivity contribution in [3.05, 3.63) is 71.8 Å². The largest absolute Gasteiger partial charge is 0.481 e. The van der Waals surface area contributed by atoms with Gasteiger partial charge in [-0.25, -0.2) is 0 Å². The molecule has 4 amide bonds. The number of hydrogen-bond donors (Lipinski definition) is 7. The van der Waals surface area contributed by atoms with Crippen molar-refractivity contribution in [2.45, 2.75) is 116 Å². The lowest BCUT2D eigenvalue weighted by molar-refractivity contribution is -0.138. The highest BCUT2D eigenvalue weighted by atomic mass is 16.4. The third-order valence-corrected chi connectivity index (χ3v) is 9.18. The average molecular weight is 737 g/mol. The number of benzene rings is 2. The fraction of sp³-hybridized carbons (Fsp3) is 0.550. The number of amides is 4. The Labute approximate surface area is 314 Å². The van der Waals surface area contributed by atoms with Gasteiger partial charge in [-0.2, -0.15) is 0 Å². The van der Waals surface area contributed by atoms with Gasteiger partial charge in [0.25, 0.3) is 0 Å². The number of aldehydes is 1. The summed E-state index contributed by atoms with van der Waals surface area (Å²) in [6.45, 7) is 11.4. The van der Waals surface area contributed by atoms with Gasteiger partial charge in [0, 0.05) is 19.0 Å². The normalized spacial score (nSPS) is 15.3. The van der Waals surface area contributed by atoms with Crippen LogP contribution in [0, 0.1) is 17.8 Å². The summed E-state index contributed by atoms with van der Waals surface area (Å²) < 4.78 is 0. The highest BCUT2D eigenvalue weighted by molar-refractivity contribution is 5.91. The maximum absolute atomic E-state index is 13.8. The molecule has 0 fully saturated rings. The second kappa shape index (κ2) is 23.1. The maximum Gasteiger partial charge on any atom is 0.303 e. The van der Waals surface area contributed by atoms with E-state index >= 15 is 0 Å². The molecule has 13 nitrogen and oxygen atoms in total. The first-order chi connectivity index (χ1) is 25.1. The summed E-state index contributed by atoms with van der Waals surface area (Å²) in [5.74, 6) is -3.49. The smallest absolute Gasteiger partial charge is 0.303 e. The second-order valence-electron chi connectivity index (χ2n) is 14.6. The van der Waals surface area contributed by atoms with Crippen LogP contribution in [-0.4, -0.2) is 83.8 Å². The van der Waals surface area contributed by atoms with Gasteiger partial charge in [0.1, 0.15) is 18.4 Å². The van der Waals surface area contributed by atoms with Crippen LogP contribution < -0.4 is 32.3 Å². The minimum Gasteiger partial charge on any atom is -0.481 e. The predicted molar refractivity (Wildman–Crippen MR) is 204 cm³/mol. The first-order valence-corrected chi connectivity index (χ1v) is 18.6. The van der Waals surface area contributed by atoms with E-state index in [9.17, 15) is 33.9 Å². The molecule has 2 aromatic carbocycles. The maximum atomic E-state index is 13.8. The Hall–Kier alpha value is -4.62. The minimum atomic E-state index is -1.19. The van der Waals surface area contributed by atoms with Crippen LogP contribution >= 0.6 is 0 Å². The average Bonchev–Trinajstić information content (AvgIpc) is 3.12.